The average Bonchev–Trinajstić information content (AvgIpc) is 3.00. The molecule has 0 radical (unpaired) electrons. The van der Waals surface area contributed by atoms with Crippen molar-refractivity contribution in [1.29, 1.82) is 0 Å². The molecule has 0 aliphatic carbocycles. The molecule has 1 aliphatic rings. The molecule has 0 unspecified atom stereocenters. The predicted molar refractivity (Wildman–Crippen MR) is 116 cm³/mol. The van der Waals surface area contributed by atoms with Gasteiger partial charge in [-0.1, -0.05) is 17.7 Å². The number of hydrogen-bond donors (Lipinski definition) is 1. The topological polar surface area (TPSA) is 74.8 Å². The smallest absolute Gasteiger partial charge is 0.268 e. The Morgan fingerprint density at radius 3 is 2.62 bits per heavy atom. The first-order valence-electron chi connectivity index (χ1n) is 9.68. The number of sulfonamides is 1. The molecule has 1 aromatic carbocycles. The van der Waals surface area contributed by atoms with Crippen LogP contribution in [-0.4, -0.2) is 64.2 Å². The normalized spacial score (nSPS) is 21.4. The molecule has 0 bridgehead atoms. The number of anilines is 2. The van der Waals surface area contributed by atoms with Gasteiger partial charge in [-0.05, 0) is 39.6 Å². The minimum absolute atomic E-state index is 0.0229. The first-order chi connectivity index (χ1) is 14.9. The van der Waals surface area contributed by atoms with Crippen LogP contribution in [-0.2, 0) is 14.8 Å². The summed E-state index contributed by atoms with van der Waals surface area (Å²) >= 11 is 6.19. The predicted octanol–water partition coefficient (Wildman–Crippen LogP) is 3.50. The van der Waals surface area contributed by atoms with Gasteiger partial charge in [0.1, 0.15) is 16.7 Å². The minimum Gasteiger partial charge on any atom is -0.375 e. The van der Waals surface area contributed by atoms with Crippen LogP contribution in [0.1, 0.15) is 13.3 Å². The number of aromatic nitrogens is 1. The maximum absolute atomic E-state index is 15.1. The van der Waals surface area contributed by atoms with Crippen LogP contribution >= 0.6 is 11.6 Å². The van der Waals surface area contributed by atoms with Gasteiger partial charge in [0.05, 0.1) is 11.3 Å². The molecule has 0 spiro atoms. The molecule has 2 atom stereocenters. The van der Waals surface area contributed by atoms with Crippen LogP contribution in [0.2, 0.25) is 5.02 Å². The summed E-state index contributed by atoms with van der Waals surface area (Å²) in [6.45, 7) is 2.74. The molecule has 1 N–H and O–H groups in total. The summed E-state index contributed by atoms with van der Waals surface area (Å²) in [6.07, 6.45) is 0.577. The van der Waals surface area contributed by atoms with E-state index in [0.717, 1.165) is 18.2 Å². The van der Waals surface area contributed by atoms with E-state index in [-0.39, 0.29) is 11.7 Å². The van der Waals surface area contributed by atoms with Crippen LogP contribution < -0.4 is 9.62 Å². The molecule has 1 fully saturated rings. The number of rotatable bonds is 7. The number of pyridine rings is 1. The molecule has 1 saturated heterocycles. The summed E-state index contributed by atoms with van der Waals surface area (Å²) < 4.78 is 76.2. The second-order valence-electron chi connectivity index (χ2n) is 8.09. The van der Waals surface area contributed by atoms with Gasteiger partial charge in [-0.15, -0.1) is 0 Å². The molecule has 1 aliphatic heterocycles. The molecule has 12 heteroatoms. The van der Waals surface area contributed by atoms with Gasteiger partial charge in [0.15, 0.2) is 10.7 Å². The van der Waals surface area contributed by atoms with E-state index in [1.54, 1.807) is 12.0 Å². The van der Waals surface area contributed by atoms with Gasteiger partial charge in [-0.3, -0.25) is 4.72 Å². The van der Waals surface area contributed by atoms with E-state index in [4.69, 9.17) is 16.3 Å². The molecule has 2 heterocycles. The Bertz CT molecular complexity index is 1120. The van der Waals surface area contributed by atoms with Crippen molar-refractivity contribution in [3.05, 3.63) is 46.9 Å². The van der Waals surface area contributed by atoms with E-state index < -0.39 is 48.9 Å². The number of methoxy groups -OCH3 is 1. The van der Waals surface area contributed by atoms with E-state index in [0.29, 0.717) is 19.5 Å². The summed E-state index contributed by atoms with van der Waals surface area (Å²) in [5.74, 6) is -4.16. The van der Waals surface area contributed by atoms with Crippen LogP contribution in [0.5, 0.6) is 0 Å². The Kier molecular flexibility index (Phi) is 6.94. The fourth-order valence-corrected chi connectivity index (χ4v) is 5.54. The van der Waals surface area contributed by atoms with Crippen LogP contribution in [0.3, 0.4) is 0 Å². The van der Waals surface area contributed by atoms with E-state index in [2.05, 4.69) is 4.98 Å². The van der Waals surface area contributed by atoms with Crippen molar-refractivity contribution in [2.75, 3.05) is 43.9 Å². The molecule has 0 saturated carbocycles. The lowest BCUT2D eigenvalue weighted by Gasteiger charge is -2.31. The standard InChI is InChI=1S/C20H24ClF3N4O3S/c1-12-9-20(31-4,10-27(2)3)11-28(12)14-8-13(22)19(18(24)17(14)21)32(29,30)26-16-7-5-6-15(23)25-16/h5-8,12H,9-11H2,1-4H3,(H,25,26)/t12-,20+/m1/s1. The first-order valence-corrected chi connectivity index (χ1v) is 11.5. The molecule has 3 rings (SSSR count). The van der Waals surface area contributed by atoms with Gasteiger partial charge < -0.3 is 14.5 Å². The lowest BCUT2D eigenvalue weighted by molar-refractivity contribution is -0.0120. The van der Waals surface area contributed by atoms with Gasteiger partial charge in [0.25, 0.3) is 10.0 Å². The first kappa shape index (κ1) is 24.6. The van der Waals surface area contributed by atoms with Crippen molar-refractivity contribution in [1.82, 2.24) is 9.88 Å². The third kappa shape index (κ3) is 4.80. The number of likely N-dealkylation sites (N-methyl/N-ethyl adjacent to an activating group) is 1. The molecule has 2 aromatic rings. The van der Waals surface area contributed by atoms with Crippen LogP contribution in [0.15, 0.2) is 29.2 Å². The Morgan fingerprint density at radius 2 is 2.03 bits per heavy atom. The molecule has 32 heavy (non-hydrogen) atoms. The van der Waals surface area contributed by atoms with Crippen molar-refractivity contribution in [3.63, 3.8) is 0 Å². The van der Waals surface area contributed by atoms with E-state index in [1.807, 2.05) is 30.6 Å². The van der Waals surface area contributed by atoms with E-state index in [9.17, 15) is 17.2 Å². The van der Waals surface area contributed by atoms with Gasteiger partial charge in [0.2, 0.25) is 5.95 Å². The van der Waals surface area contributed by atoms with Crippen LogP contribution in [0.4, 0.5) is 24.7 Å². The number of benzene rings is 1. The molecular formula is C20H24ClF3N4O3S. The van der Waals surface area contributed by atoms with Crippen molar-refractivity contribution in [2.24, 2.45) is 0 Å². The van der Waals surface area contributed by atoms with Gasteiger partial charge in [-0.25, -0.2) is 22.2 Å². The fraction of sp³-hybridized carbons (Fsp3) is 0.450. The summed E-state index contributed by atoms with van der Waals surface area (Å²) in [4.78, 5) is 5.72. The van der Waals surface area contributed by atoms with Crippen molar-refractivity contribution >= 4 is 33.1 Å². The van der Waals surface area contributed by atoms with E-state index >= 15 is 4.39 Å². The average molecular weight is 493 g/mol. The summed E-state index contributed by atoms with van der Waals surface area (Å²) in [5.41, 5.74) is -0.566. The Balaban J connectivity index is 1.99. The maximum atomic E-state index is 15.1. The largest absolute Gasteiger partial charge is 0.375 e. The number of hydrogen-bond acceptors (Lipinski definition) is 6. The number of nitrogens with one attached hydrogen (secondary N) is 1. The lowest BCUT2D eigenvalue weighted by atomic mass is 10.00. The molecule has 176 valence electrons. The summed E-state index contributed by atoms with van der Waals surface area (Å²) in [5, 5.41) is -0.539. The fourth-order valence-electron chi connectivity index (χ4n) is 4.08. The van der Waals surface area contributed by atoms with Crippen molar-refractivity contribution in [2.45, 2.75) is 29.9 Å². The Morgan fingerprint density at radius 1 is 1.34 bits per heavy atom. The third-order valence-electron chi connectivity index (χ3n) is 5.32. The van der Waals surface area contributed by atoms with Crippen molar-refractivity contribution < 1.29 is 26.3 Å². The highest BCUT2D eigenvalue weighted by Gasteiger charge is 2.44. The highest BCUT2D eigenvalue weighted by molar-refractivity contribution is 7.92. The zero-order valence-corrected chi connectivity index (χ0v) is 19.6. The SMILES string of the molecule is CO[C@]1(CN(C)C)C[C@@H](C)N(c2cc(F)c(S(=O)(=O)Nc3cccc(F)n3)c(F)c2Cl)C1. The van der Waals surface area contributed by atoms with Gasteiger partial charge >= 0.3 is 0 Å². The lowest BCUT2D eigenvalue weighted by Crippen LogP contribution is -2.44. The Labute approximate surface area is 190 Å². The summed E-state index contributed by atoms with van der Waals surface area (Å²) in [6, 6.07) is 4.05. The van der Waals surface area contributed by atoms with Crippen LogP contribution in [0, 0.1) is 17.6 Å². The van der Waals surface area contributed by atoms with Gasteiger partial charge in [-0.2, -0.15) is 4.39 Å². The number of halogens is 4. The monoisotopic (exact) mass is 492 g/mol. The Hall–Kier alpha value is -2.08. The van der Waals surface area contributed by atoms with Gasteiger partial charge in [0, 0.05) is 32.3 Å². The molecular weight excluding hydrogens is 469 g/mol. The quantitative estimate of drug-likeness (QED) is 0.471. The zero-order valence-electron chi connectivity index (χ0n) is 18.0. The maximum Gasteiger partial charge on any atom is 0.268 e. The van der Waals surface area contributed by atoms with Crippen molar-refractivity contribution in [3.8, 4) is 0 Å². The summed E-state index contributed by atoms with van der Waals surface area (Å²) in [7, 11) is 0.578. The minimum atomic E-state index is -4.77. The van der Waals surface area contributed by atoms with E-state index in [1.165, 1.54) is 6.07 Å². The number of nitrogens with zero attached hydrogens (tertiary/aromatic N) is 3. The molecule has 0 amide bonds. The molecule has 7 nitrogen and oxygen atoms in total. The second kappa shape index (κ2) is 9.05. The second-order valence-corrected chi connectivity index (χ2v) is 10.1. The van der Waals surface area contributed by atoms with Crippen LogP contribution in [0.25, 0.3) is 0 Å². The highest BCUT2D eigenvalue weighted by atomic mass is 35.5. The number of ether oxygens (including phenoxy) is 1. The zero-order chi connectivity index (χ0) is 23.8. The third-order valence-corrected chi connectivity index (χ3v) is 7.07. The molecule has 1 aromatic heterocycles. The highest BCUT2D eigenvalue weighted by Crippen LogP contribution is 2.41.